The first kappa shape index (κ1) is 16.8. The first-order valence-electron chi connectivity index (χ1n) is 7.52. The zero-order chi connectivity index (χ0) is 16.5. The molecule has 2 rings (SSSR count). The number of benzene rings is 1. The highest BCUT2D eigenvalue weighted by Gasteiger charge is 2.45. The lowest BCUT2D eigenvalue weighted by atomic mass is 9.84. The van der Waals surface area contributed by atoms with Crippen LogP contribution >= 0.6 is 11.6 Å². The van der Waals surface area contributed by atoms with Gasteiger partial charge in [0.1, 0.15) is 0 Å². The van der Waals surface area contributed by atoms with Crippen LogP contribution in [-0.2, 0) is 4.79 Å². The second-order valence-corrected chi connectivity index (χ2v) is 6.97. The Labute approximate surface area is 136 Å². The molecule has 0 bridgehead atoms. The molecule has 0 saturated carbocycles. The van der Waals surface area contributed by atoms with Crippen molar-refractivity contribution in [3.8, 4) is 6.07 Å². The maximum atomic E-state index is 12.6. The Bertz CT molecular complexity index is 606. The Morgan fingerprint density at radius 3 is 2.73 bits per heavy atom. The number of hydrogen-bond donors (Lipinski definition) is 1. The fourth-order valence-corrected chi connectivity index (χ4v) is 3.38. The molecule has 22 heavy (non-hydrogen) atoms. The van der Waals surface area contributed by atoms with Gasteiger partial charge in [-0.1, -0.05) is 23.7 Å². The van der Waals surface area contributed by atoms with Crippen molar-refractivity contribution in [1.29, 1.82) is 5.26 Å². The fraction of sp³-hybridized carbons (Fsp3) is 0.529. The van der Waals surface area contributed by atoms with Crippen molar-refractivity contribution in [2.75, 3.05) is 0 Å². The minimum absolute atomic E-state index is 0.0742. The molecule has 0 spiro atoms. The highest BCUT2D eigenvalue weighted by Crippen LogP contribution is 2.43. The van der Waals surface area contributed by atoms with E-state index < -0.39 is 11.5 Å². The molecule has 1 amide bonds. The minimum atomic E-state index is -0.613. The van der Waals surface area contributed by atoms with Crippen molar-refractivity contribution in [1.82, 2.24) is 4.90 Å². The van der Waals surface area contributed by atoms with Crippen LogP contribution in [0.15, 0.2) is 24.3 Å². The van der Waals surface area contributed by atoms with Gasteiger partial charge in [0.2, 0.25) is 5.91 Å². The van der Waals surface area contributed by atoms with Gasteiger partial charge in [-0.05, 0) is 51.3 Å². The van der Waals surface area contributed by atoms with Crippen LogP contribution in [0.4, 0.5) is 0 Å². The van der Waals surface area contributed by atoms with Gasteiger partial charge in [0.05, 0.1) is 29.6 Å². The lowest BCUT2D eigenvalue weighted by Gasteiger charge is -2.37. The first-order chi connectivity index (χ1) is 10.3. The summed E-state index contributed by atoms with van der Waals surface area (Å²) < 4.78 is 0. The lowest BCUT2D eigenvalue weighted by Crippen LogP contribution is -2.50. The zero-order valence-electron chi connectivity index (χ0n) is 13.2. The van der Waals surface area contributed by atoms with E-state index in [1.54, 1.807) is 11.8 Å². The van der Waals surface area contributed by atoms with Gasteiger partial charge in [0.25, 0.3) is 0 Å². The summed E-state index contributed by atoms with van der Waals surface area (Å²) in [7, 11) is 0. The average Bonchev–Trinajstić information content (AvgIpc) is 2.91. The molecule has 1 aromatic rings. The van der Waals surface area contributed by atoms with Gasteiger partial charge in [0, 0.05) is 5.02 Å². The maximum absolute atomic E-state index is 12.6. The quantitative estimate of drug-likeness (QED) is 0.929. The predicted molar refractivity (Wildman–Crippen MR) is 87.1 cm³/mol. The molecule has 0 aliphatic carbocycles. The maximum Gasteiger partial charge on any atom is 0.240 e. The van der Waals surface area contributed by atoms with Crippen LogP contribution in [0.25, 0.3) is 0 Å². The smallest absolute Gasteiger partial charge is 0.240 e. The number of carbonyl (C=O) groups excluding carboxylic acids is 1. The summed E-state index contributed by atoms with van der Waals surface area (Å²) in [6, 6.07) is 9.08. The molecule has 1 aliphatic rings. The largest absolute Gasteiger partial charge is 0.330 e. The van der Waals surface area contributed by atoms with E-state index in [9.17, 15) is 10.1 Å². The van der Waals surface area contributed by atoms with E-state index in [0.29, 0.717) is 5.02 Å². The van der Waals surface area contributed by atoms with Gasteiger partial charge in [-0.25, -0.2) is 0 Å². The number of nitrogens with two attached hydrogens (primary N) is 1. The molecule has 3 atom stereocenters. The minimum Gasteiger partial charge on any atom is -0.330 e. The zero-order valence-corrected chi connectivity index (χ0v) is 14.0. The molecular weight excluding hydrogens is 298 g/mol. The van der Waals surface area contributed by atoms with Crippen molar-refractivity contribution in [3.05, 3.63) is 34.9 Å². The SMILES string of the molecule is CC(N)C(=O)N1[C@H](C(C)(C)C#N)CC[C@H]1c1cccc(Cl)c1. The Kier molecular flexibility index (Phi) is 4.79. The molecular formula is C17H22ClN3O. The standard InChI is InChI=1S/C17H22ClN3O/c1-11(20)16(22)21-14(12-5-4-6-13(18)9-12)7-8-15(21)17(2,3)10-19/h4-6,9,11,14-15H,7-8,20H2,1-3H3/t11?,14-,15-/m0/s1. The number of amides is 1. The summed E-state index contributed by atoms with van der Waals surface area (Å²) in [4.78, 5) is 14.5. The number of nitrogens with zero attached hydrogens (tertiary/aromatic N) is 2. The number of rotatable bonds is 3. The Morgan fingerprint density at radius 1 is 1.50 bits per heavy atom. The van der Waals surface area contributed by atoms with Crippen LogP contribution in [0.2, 0.25) is 5.02 Å². The van der Waals surface area contributed by atoms with Crippen molar-refractivity contribution in [2.24, 2.45) is 11.1 Å². The van der Waals surface area contributed by atoms with E-state index in [-0.39, 0.29) is 18.0 Å². The van der Waals surface area contributed by atoms with Gasteiger partial charge < -0.3 is 10.6 Å². The number of carbonyl (C=O) groups is 1. The topological polar surface area (TPSA) is 70.1 Å². The van der Waals surface area contributed by atoms with Crippen molar-refractivity contribution >= 4 is 17.5 Å². The summed E-state index contributed by atoms with van der Waals surface area (Å²) in [6.07, 6.45) is 1.60. The molecule has 5 heteroatoms. The molecule has 4 nitrogen and oxygen atoms in total. The summed E-state index contributed by atoms with van der Waals surface area (Å²) in [5.41, 5.74) is 6.22. The van der Waals surface area contributed by atoms with Gasteiger partial charge in [-0.15, -0.1) is 0 Å². The monoisotopic (exact) mass is 319 g/mol. The molecule has 1 unspecified atom stereocenters. The van der Waals surface area contributed by atoms with Crippen LogP contribution in [0, 0.1) is 16.7 Å². The Morgan fingerprint density at radius 2 is 2.18 bits per heavy atom. The summed E-state index contributed by atoms with van der Waals surface area (Å²) in [6.45, 7) is 5.44. The van der Waals surface area contributed by atoms with E-state index in [0.717, 1.165) is 18.4 Å². The van der Waals surface area contributed by atoms with E-state index in [2.05, 4.69) is 6.07 Å². The molecule has 1 aromatic carbocycles. The predicted octanol–water partition coefficient (Wildman–Crippen LogP) is 3.27. The van der Waals surface area contributed by atoms with Gasteiger partial charge in [0.15, 0.2) is 0 Å². The third-order valence-electron chi connectivity index (χ3n) is 4.38. The van der Waals surface area contributed by atoms with Crippen molar-refractivity contribution in [3.63, 3.8) is 0 Å². The third-order valence-corrected chi connectivity index (χ3v) is 4.62. The van der Waals surface area contributed by atoms with Crippen LogP contribution in [0.1, 0.15) is 45.2 Å². The van der Waals surface area contributed by atoms with E-state index in [4.69, 9.17) is 17.3 Å². The fourth-order valence-electron chi connectivity index (χ4n) is 3.18. The average molecular weight is 320 g/mol. The lowest BCUT2D eigenvalue weighted by molar-refractivity contribution is -0.137. The van der Waals surface area contributed by atoms with Crippen LogP contribution in [0.5, 0.6) is 0 Å². The van der Waals surface area contributed by atoms with Gasteiger partial charge in [-0.3, -0.25) is 4.79 Å². The summed E-state index contributed by atoms with van der Waals surface area (Å²) in [5.74, 6) is -0.115. The normalized spacial score (nSPS) is 23.2. The molecule has 0 radical (unpaired) electrons. The van der Waals surface area contributed by atoms with E-state index in [1.165, 1.54) is 0 Å². The molecule has 2 N–H and O–H groups in total. The number of likely N-dealkylation sites (tertiary alicyclic amines) is 1. The summed E-state index contributed by atoms with van der Waals surface area (Å²) in [5, 5.41) is 10.1. The number of halogens is 1. The molecule has 1 fully saturated rings. The molecule has 1 heterocycles. The van der Waals surface area contributed by atoms with E-state index >= 15 is 0 Å². The second kappa shape index (κ2) is 6.28. The highest BCUT2D eigenvalue weighted by atomic mass is 35.5. The van der Waals surface area contributed by atoms with Gasteiger partial charge in [-0.2, -0.15) is 5.26 Å². The van der Waals surface area contributed by atoms with Crippen molar-refractivity contribution < 1.29 is 4.79 Å². The van der Waals surface area contributed by atoms with Crippen LogP contribution in [0.3, 0.4) is 0 Å². The molecule has 1 aliphatic heterocycles. The Balaban J connectivity index is 2.43. The molecule has 118 valence electrons. The van der Waals surface area contributed by atoms with Gasteiger partial charge >= 0.3 is 0 Å². The first-order valence-corrected chi connectivity index (χ1v) is 7.90. The number of hydrogen-bond acceptors (Lipinski definition) is 3. The third kappa shape index (κ3) is 3.11. The van der Waals surface area contributed by atoms with Crippen molar-refractivity contribution in [2.45, 2.75) is 51.7 Å². The van der Waals surface area contributed by atoms with Crippen LogP contribution < -0.4 is 5.73 Å². The second-order valence-electron chi connectivity index (χ2n) is 6.53. The summed E-state index contributed by atoms with van der Waals surface area (Å²) >= 11 is 6.09. The molecule has 0 aromatic heterocycles. The Hall–Kier alpha value is -1.57. The number of nitriles is 1. The van der Waals surface area contributed by atoms with Crippen LogP contribution in [-0.4, -0.2) is 22.9 Å². The van der Waals surface area contributed by atoms with E-state index in [1.807, 2.05) is 38.1 Å². The highest BCUT2D eigenvalue weighted by molar-refractivity contribution is 6.30. The molecule has 1 saturated heterocycles.